The summed E-state index contributed by atoms with van der Waals surface area (Å²) in [5, 5.41) is 18.5. The third kappa shape index (κ3) is 0.861. The van der Waals surface area contributed by atoms with Crippen molar-refractivity contribution in [2.24, 2.45) is 35.5 Å². The van der Waals surface area contributed by atoms with Crippen molar-refractivity contribution in [3.8, 4) is 0 Å². The van der Waals surface area contributed by atoms with Crippen LogP contribution in [0.5, 0.6) is 0 Å². The molecule has 0 aromatic heterocycles. The van der Waals surface area contributed by atoms with Crippen LogP contribution in [-0.2, 0) is 0 Å². The number of rotatable bonds is 2. The average Bonchev–Trinajstić information content (AvgIpc) is 2.63. The first-order valence-electron chi connectivity index (χ1n) is 5.58. The molecule has 2 heteroatoms. The molecule has 0 saturated heterocycles. The van der Waals surface area contributed by atoms with Crippen molar-refractivity contribution in [1.29, 1.82) is 0 Å². The normalized spacial score (nSPS) is 57.7. The number of hydrogen-bond acceptors (Lipinski definition) is 2. The molecule has 0 amide bonds. The van der Waals surface area contributed by atoms with Crippen LogP contribution in [0.1, 0.15) is 19.3 Å². The molecule has 0 spiro atoms. The smallest absolute Gasteiger partial charge is 0.0465 e. The maximum Gasteiger partial charge on any atom is 0.0465 e. The quantitative estimate of drug-likeness (QED) is 0.665. The summed E-state index contributed by atoms with van der Waals surface area (Å²) in [6, 6.07) is 0. The van der Waals surface area contributed by atoms with Crippen LogP contribution in [-0.4, -0.2) is 23.4 Å². The summed E-state index contributed by atoms with van der Waals surface area (Å²) in [5.41, 5.74) is 0. The summed E-state index contributed by atoms with van der Waals surface area (Å²) in [5.74, 6) is 4.22. The van der Waals surface area contributed by atoms with E-state index >= 15 is 0 Å². The van der Waals surface area contributed by atoms with Gasteiger partial charge in [-0.25, -0.2) is 0 Å². The van der Waals surface area contributed by atoms with Crippen molar-refractivity contribution in [1.82, 2.24) is 0 Å². The highest BCUT2D eigenvalue weighted by molar-refractivity contribution is 5.09. The first-order valence-corrected chi connectivity index (χ1v) is 5.58. The Kier molecular flexibility index (Phi) is 1.72. The van der Waals surface area contributed by atoms with Crippen LogP contribution in [0.4, 0.5) is 0 Å². The van der Waals surface area contributed by atoms with Crippen molar-refractivity contribution < 1.29 is 10.2 Å². The highest BCUT2D eigenvalue weighted by Crippen LogP contribution is 2.65. The molecular formula is C11H18O2. The lowest BCUT2D eigenvalue weighted by atomic mass is 9.52. The molecule has 2 N–H and O–H groups in total. The highest BCUT2D eigenvalue weighted by atomic mass is 16.3. The lowest BCUT2D eigenvalue weighted by Crippen LogP contribution is -2.52. The van der Waals surface area contributed by atoms with Gasteiger partial charge in [0.05, 0.1) is 0 Å². The van der Waals surface area contributed by atoms with Crippen molar-refractivity contribution in [2.75, 3.05) is 13.2 Å². The van der Waals surface area contributed by atoms with E-state index in [1.54, 1.807) is 0 Å². The monoisotopic (exact) mass is 182 g/mol. The summed E-state index contributed by atoms with van der Waals surface area (Å²) in [6.45, 7) is 0.602. The molecule has 0 aliphatic heterocycles. The molecule has 3 rings (SSSR count). The Labute approximate surface area is 79.0 Å². The Morgan fingerprint density at radius 2 is 1.31 bits per heavy atom. The minimum atomic E-state index is 0.301. The molecule has 0 heterocycles. The summed E-state index contributed by atoms with van der Waals surface area (Å²) in [6.07, 6.45) is 4.17. The largest absolute Gasteiger partial charge is 0.396 e. The highest BCUT2D eigenvalue weighted by Gasteiger charge is 2.61. The third-order valence-corrected chi connectivity index (χ3v) is 5.01. The van der Waals surface area contributed by atoms with Crippen molar-refractivity contribution in [3.63, 3.8) is 0 Å². The van der Waals surface area contributed by atoms with Gasteiger partial charge in [0.25, 0.3) is 0 Å². The maximum atomic E-state index is 9.25. The molecule has 13 heavy (non-hydrogen) atoms. The lowest BCUT2D eigenvalue weighted by Gasteiger charge is -2.53. The number of aliphatic hydroxyl groups excluding tert-OH is 2. The summed E-state index contributed by atoms with van der Waals surface area (Å²) >= 11 is 0. The fraction of sp³-hybridized carbons (Fsp3) is 1.00. The third-order valence-electron chi connectivity index (χ3n) is 5.01. The van der Waals surface area contributed by atoms with Crippen LogP contribution in [0.2, 0.25) is 0 Å². The molecule has 3 saturated carbocycles. The van der Waals surface area contributed by atoms with E-state index in [0.717, 1.165) is 23.7 Å². The second-order valence-electron chi connectivity index (χ2n) is 5.18. The van der Waals surface area contributed by atoms with Gasteiger partial charge in [-0.15, -0.1) is 0 Å². The van der Waals surface area contributed by atoms with Gasteiger partial charge in [0.1, 0.15) is 0 Å². The van der Waals surface area contributed by atoms with Gasteiger partial charge in [-0.1, -0.05) is 0 Å². The lowest BCUT2D eigenvalue weighted by molar-refractivity contribution is -0.106. The molecule has 3 fully saturated rings. The predicted octanol–water partition coefficient (Wildman–Crippen LogP) is 0.879. The Morgan fingerprint density at radius 1 is 0.846 bits per heavy atom. The molecule has 3 aliphatic rings. The fourth-order valence-electron chi connectivity index (χ4n) is 4.59. The molecule has 0 aromatic rings. The molecule has 0 radical (unpaired) electrons. The average molecular weight is 182 g/mol. The van der Waals surface area contributed by atoms with E-state index in [1.807, 2.05) is 0 Å². The minimum Gasteiger partial charge on any atom is -0.396 e. The molecule has 3 aliphatic carbocycles. The predicted molar refractivity (Wildman–Crippen MR) is 49.0 cm³/mol. The van der Waals surface area contributed by atoms with E-state index in [-0.39, 0.29) is 0 Å². The first kappa shape index (κ1) is 8.25. The van der Waals surface area contributed by atoms with Gasteiger partial charge in [-0.3, -0.25) is 0 Å². The standard InChI is InChI=1S/C11H18O2/c12-4-8-9(5-13)11-7-2-1-6(3-7)10(8)11/h6-13H,1-5H2/t6-,7+,8+,9-,10-,11+. The van der Waals surface area contributed by atoms with Gasteiger partial charge in [-0.2, -0.15) is 0 Å². The van der Waals surface area contributed by atoms with E-state index < -0.39 is 0 Å². The Balaban J connectivity index is 1.81. The first-order chi connectivity index (χ1) is 6.36. The SMILES string of the molecule is OC[C@@H]1[C@H](CO)[C@H]2[C@@H]3CC[C@@H](C3)[C@@H]12. The van der Waals surface area contributed by atoms with Gasteiger partial charge >= 0.3 is 0 Å². The summed E-state index contributed by atoms with van der Waals surface area (Å²) in [7, 11) is 0. The summed E-state index contributed by atoms with van der Waals surface area (Å²) in [4.78, 5) is 0. The van der Waals surface area contributed by atoms with Gasteiger partial charge in [0.2, 0.25) is 0 Å². The Hall–Kier alpha value is -0.0800. The molecule has 0 unspecified atom stereocenters. The van der Waals surface area contributed by atoms with E-state index in [4.69, 9.17) is 0 Å². The molecular weight excluding hydrogens is 164 g/mol. The number of hydrogen-bond donors (Lipinski definition) is 2. The van der Waals surface area contributed by atoms with Crippen molar-refractivity contribution in [3.05, 3.63) is 0 Å². The van der Waals surface area contributed by atoms with Crippen LogP contribution in [0.15, 0.2) is 0 Å². The zero-order chi connectivity index (χ0) is 9.00. The zero-order valence-electron chi connectivity index (χ0n) is 7.89. The topological polar surface area (TPSA) is 40.5 Å². The van der Waals surface area contributed by atoms with E-state index in [0.29, 0.717) is 25.0 Å². The van der Waals surface area contributed by atoms with Crippen LogP contribution in [0, 0.1) is 35.5 Å². The fourth-order valence-corrected chi connectivity index (χ4v) is 4.59. The number of fused-ring (bicyclic) bond motifs is 5. The minimum absolute atomic E-state index is 0.301. The molecule has 74 valence electrons. The molecule has 0 aromatic carbocycles. The van der Waals surface area contributed by atoms with Crippen molar-refractivity contribution >= 4 is 0 Å². The molecule has 2 nitrogen and oxygen atoms in total. The number of aliphatic hydroxyl groups is 2. The molecule has 6 atom stereocenters. The second kappa shape index (κ2) is 2.71. The van der Waals surface area contributed by atoms with Crippen molar-refractivity contribution in [2.45, 2.75) is 19.3 Å². The van der Waals surface area contributed by atoms with E-state index in [9.17, 15) is 10.2 Å². The summed E-state index contributed by atoms with van der Waals surface area (Å²) < 4.78 is 0. The maximum absolute atomic E-state index is 9.25. The van der Waals surface area contributed by atoms with Gasteiger partial charge in [0, 0.05) is 13.2 Å². The second-order valence-corrected chi connectivity index (χ2v) is 5.18. The van der Waals surface area contributed by atoms with Crippen LogP contribution in [0.3, 0.4) is 0 Å². The molecule has 2 bridgehead atoms. The van der Waals surface area contributed by atoms with Crippen LogP contribution >= 0.6 is 0 Å². The van der Waals surface area contributed by atoms with Gasteiger partial charge in [-0.05, 0) is 54.8 Å². The van der Waals surface area contributed by atoms with E-state index in [1.165, 1.54) is 19.3 Å². The van der Waals surface area contributed by atoms with Gasteiger partial charge in [0.15, 0.2) is 0 Å². The van der Waals surface area contributed by atoms with Crippen LogP contribution in [0.25, 0.3) is 0 Å². The zero-order valence-corrected chi connectivity index (χ0v) is 7.89. The van der Waals surface area contributed by atoms with E-state index in [2.05, 4.69) is 0 Å². The van der Waals surface area contributed by atoms with Crippen LogP contribution < -0.4 is 0 Å². The van der Waals surface area contributed by atoms with Gasteiger partial charge < -0.3 is 10.2 Å². The Morgan fingerprint density at radius 3 is 1.69 bits per heavy atom. The Bertz CT molecular complexity index is 194.